The van der Waals surface area contributed by atoms with Crippen molar-refractivity contribution in [3.8, 4) is 0 Å². The Morgan fingerprint density at radius 2 is 2.11 bits per heavy atom. The summed E-state index contributed by atoms with van der Waals surface area (Å²) in [5.41, 5.74) is -0.597. The minimum absolute atomic E-state index is 0.0555. The Labute approximate surface area is 220 Å². The summed E-state index contributed by atoms with van der Waals surface area (Å²) in [6, 6.07) is 1.26. The highest BCUT2D eigenvalue weighted by Gasteiger charge is 2.59. The van der Waals surface area contributed by atoms with Crippen LogP contribution in [-0.4, -0.2) is 98.5 Å². The monoisotopic (exact) mass is 540 g/mol. The first kappa shape index (κ1) is 27.3. The molecule has 3 fully saturated rings. The molecular formula is C26H35F3N4O5. The second-order valence-electron chi connectivity index (χ2n) is 10.9. The predicted molar refractivity (Wildman–Crippen MR) is 129 cm³/mol. The van der Waals surface area contributed by atoms with Gasteiger partial charge in [-0.3, -0.25) is 14.6 Å². The van der Waals surface area contributed by atoms with E-state index in [1.54, 1.807) is 16.9 Å². The zero-order chi connectivity index (χ0) is 27.1. The lowest BCUT2D eigenvalue weighted by atomic mass is 9.78. The molecule has 5 atom stereocenters. The lowest BCUT2D eigenvalue weighted by Crippen LogP contribution is -2.52. The molecule has 5 rings (SSSR count). The number of hydrogen-bond acceptors (Lipinski definition) is 7. The summed E-state index contributed by atoms with van der Waals surface area (Å²) in [5, 5.41) is 3.70. The second-order valence-corrected chi connectivity index (χ2v) is 10.9. The van der Waals surface area contributed by atoms with Gasteiger partial charge in [-0.1, -0.05) is 0 Å². The number of nitrogens with zero attached hydrogens (tertiary/aromatic N) is 3. The molecule has 4 aliphatic rings. The molecule has 0 bridgehead atoms. The number of alkyl halides is 3. The summed E-state index contributed by atoms with van der Waals surface area (Å²) in [5.74, 6) is -0.321. The van der Waals surface area contributed by atoms with Gasteiger partial charge < -0.3 is 29.3 Å². The smallest absolute Gasteiger partial charge is 0.379 e. The van der Waals surface area contributed by atoms with Crippen LogP contribution in [0.4, 0.5) is 13.2 Å². The molecule has 1 aromatic rings. The second kappa shape index (κ2) is 10.7. The molecule has 1 aromatic heterocycles. The lowest BCUT2D eigenvalue weighted by Gasteiger charge is -2.37. The number of nitrogens with one attached hydrogen (secondary N) is 1. The average Bonchev–Trinajstić information content (AvgIpc) is 3.42. The Balaban J connectivity index is 1.37. The predicted octanol–water partition coefficient (Wildman–Crippen LogP) is 1.63. The first-order chi connectivity index (χ1) is 18.1. The third-order valence-corrected chi connectivity index (χ3v) is 8.63. The number of halogens is 3. The summed E-state index contributed by atoms with van der Waals surface area (Å²) < 4.78 is 56.1. The summed E-state index contributed by atoms with van der Waals surface area (Å²) in [6.45, 7) is 2.29. The van der Waals surface area contributed by atoms with E-state index in [0.29, 0.717) is 50.4 Å². The molecule has 2 saturated heterocycles. The van der Waals surface area contributed by atoms with Crippen molar-refractivity contribution in [2.24, 2.45) is 11.3 Å². The van der Waals surface area contributed by atoms with E-state index in [2.05, 4.69) is 10.3 Å². The number of methoxy groups -OCH3 is 2. The Kier molecular flexibility index (Phi) is 7.69. The number of aromatic nitrogens is 1. The van der Waals surface area contributed by atoms with Gasteiger partial charge in [0.1, 0.15) is 6.61 Å². The molecular weight excluding hydrogens is 505 g/mol. The highest BCUT2D eigenvalue weighted by atomic mass is 19.4. The van der Waals surface area contributed by atoms with E-state index in [1.807, 2.05) is 0 Å². The van der Waals surface area contributed by atoms with Crippen molar-refractivity contribution >= 4 is 11.8 Å². The van der Waals surface area contributed by atoms with Crippen LogP contribution in [0.3, 0.4) is 0 Å². The molecule has 0 spiro atoms. The van der Waals surface area contributed by atoms with Crippen LogP contribution in [0.15, 0.2) is 12.3 Å². The lowest BCUT2D eigenvalue weighted by molar-refractivity contribution is -0.144. The fourth-order valence-electron chi connectivity index (χ4n) is 6.74. The van der Waals surface area contributed by atoms with Gasteiger partial charge in [0.05, 0.1) is 23.7 Å². The minimum atomic E-state index is -4.50. The number of pyridine rings is 1. The van der Waals surface area contributed by atoms with Gasteiger partial charge in [-0.25, -0.2) is 0 Å². The van der Waals surface area contributed by atoms with Crippen molar-refractivity contribution in [2.75, 3.05) is 53.7 Å². The highest BCUT2D eigenvalue weighted by Crippen LogP contribution is 2.50. The van der Waals surface area contributed by atoms with Crippen molar-refractivity contribution in [1.82, 2.24) is 20.1 Å². The fraction of sp³-hybridized carbons (Fsp3) is 0.731. The molecule has 9 nitrogen and oxygen atoms in total. The van der Waals surface area contributed by atoms with Gasteiger partial charge in [-0.2, -0.15) is 13.2 Å². The molecule has 3 aliphatic heterocycles. The zero-order valence-electron chi connectivity index (χ0n) is 21.8. The first-order valence-electron chi connectivity index (χ1n) is 13.1. The third-order valence-electron chi connectivity index (χ3n) is 8.63. The average molecular weight is 541 g/mol. The van der Waals surface area contributed by atoms with Gasteiger partial charge >= 0.3 is 6.18 Å². The minimum Gasteiger partial charge on any atom is -0.379 e. The molecule has 0 radical (unpaired) electrons. The molecule has 12 heteroatoms. The summed E-state index contributed by atoms with van der Waals surface area (Å²) >= 11 is 0. The van der Waals surface area contributed by atoms with Gasteiger partial charge in [0.2, 0.25) is 11.8 Å². The molecule has 210 valence electrons. The SMILES string of the molecule is COCC(=O)N1CC2CC(NC3CCOCC3OC)CC2(C(=O)N2CCc3ncc(C(F)(F)F)cc3C2)C1. The van der Waals surface area contributed by atoms with Crippen LogP contribution in [0.2, 0.25) is 0 Å². The van der Waals surface area contributed by atoms with Crippen LogP contribution < -0.4 is 5.32 Å². The zero-order valence-corrected chi connectivity index (χ0v) is 21.8. The van der Waals surface area contributed by atoms with Gasteiger partial charge in [-0.15, -0.1) is 0 Å². The van der Waals surface area contributed by atoms with Crippen LogP contribution >= 0.6 is 0 Å². The number of hydrogen-bond donors (Lipinski definition) is 1. The molecule has 38 heavy (non-hydrogen) atoms. The van der Waals surface area contributed by atoms with Crippen molar-refractivity contribution in [2.45, 2.75) is 56.6 Å². The van der Waals surface area contributed by atoms with Crippen molar-refractivity contribution in [3.05, 3.63) is 29.1 Å². The molecule has 1 aliphatic carbocycles. The number of fused-ring (bicyclic) bond motifs is 2. The number of amides is 2. The molecule has 4 heterocycles. The van der Waals surface area contributed by atoms with E-state index >= 15 is 0 Å². The normalized spacial score (nSPS) is 31.3. The Morgan fingerprint density at radius 3 is 2.84 bits per heavy atom. The van der Waals surface area contributed by atoms with Crippen LogP contribution in [0, 0.1) is 11.3 Å². The van der Waals surface area contributed by atoms with Gasteiger partial charge in [0, 0.05) is 77.4 Å². The van der Waals surface area contributed by atoms with Gasteiger partial charge in [-0.05, 0) is 36.8 Å². The quantitative estimate of drug-likeness (QED) is 0.587. The van der Waals surface area contributed by atoms with E-state index < -0.39 is 17.2 Å². The van der Waals surface area contributed by atoms with Crippen LogP contribution in [-0.2, 0) is 42.9 Å². The van der Waals surface area contributed by atoms with E-state index in [4.69, 9.17) is 14.2 Å². The van der Waals surface area contributed by atoms with Crippen molar-refractivity contribution in [3.63, 3.8) is 0 Å². The molecule has 2 amide bonds. The third kappa shape index (κ3) is 5.15. The molecule has 0 aromatic carbocycles. The van der Waals surface area contributed by atoms with Gasteiger partial charge in [0.25, 0.3) is 0 Å². The first-order valence-corrected chi connectivity index (χ1v) is 13.1. The highest BCUT2D eigenvalue weighted by molar-refractivity contribution is 5.87. The van der Waals surface area contributed by atoms with Crippen molar-refractivity contribution < 1.29 is 37.0 Å². The Bertz CT molecular complexity index is 1060. The summed E-state index contributed by atoms with van der Waals surface area (Å²) in [4.78, 5) is 34.3. The Hall–Kier alpha value is -2.28. The fourth-order valence-corrected chi connectivity index (χ4v) is 6.74. The van der Waals surface area contributed by atoms with Gasteiger partial charge in [0.15, 0.2) is 0 Å². The van der Waals surface area contributed by atoms with Crippen LogP contribution in [0.5, 0.6) is 0 Å². The van der Waals surface area contributed by atoms with E-state index in [9.17, 15) is 22.8 Å². The number of likely N-dealkylation sites (tertiary alicyclic amines) is 1. The Morgan fingerprint density at radius 1 is 1.29 bits per heavy atom. The molecule has 5 unspecified atom stereocenters. The topological polar surface area (TPSA) is 93.2 Å². The van der Waals surface area contributed by atoms with Crippen molar-refractivity contribution in [1.29, 1.82) is 0 Å². The van der Waals surface area contributed by atoms with E-state index in [1.165, 1.54) is 7.11 Å². The van der Waals surface area contributed by atoms with Crippen LogP contribution in [0.1, 0.15) is 36.1 Å². The van der Waals surface area contributed by atoms with E-state index in [-0.39, 0.29) is 55.6 Å². The van der Waals surface area contributed by atoms with E-state index in [0.717, 1.165) is 25.1 Å². The number of rotatable bonds is 6. The largest absolute Gasteiger partial charge is 0.417 e. The summed E-state index contributed by atoms with van der Waals surface area (Å²) in [6.07, 6.45) is -1.25. The maximum atomic E-state index is 14.2. The maximum absolute atomic E-state index is 14.2. The summed E-state index contributed by atoms with van der Waals surface area (Å²) in [7, 11) is 3.12. The maximum Gasteiger partial charge on any atom is 0.417 e. The van der Waals surface area contributed by atoms with Crippen LogP contribution in [0.25, 0.3) is 0 Å². The standard InChI is InChI=1S/C26H35F3N4O5/c1-36-14-23(34)33-12-18-8-19(31-21-4-6-38-13-22(21)37-2)9-25(18,15-33)24(35)32-5-3-20-16(11-32)7-17(10-30-20)26(27,28)29/h7,10,18-19,21-22,31H,3-6,8-9,11-15H2,1-2H3. The molecule has 1 N–H and O–H groups in total. The number of ether oxygens (including phenoxy) is 3. The number of carbonyl (C=O) groups excluding carboxylic acids is 2. The number of carbonyl (C=O) groups is 2. The molecule has 1 saturated carbocycles.